The summed E-state index contributed by atoms with van der Waals surface area (Å²) in [5.74, 6) is -6.36. The number of halogens is 5. The predicted molar refractivity (Wildman–Crippen MR) is 105 cm³/mol. The largest absolute Gasteiger partial charge is 0.471 e. The second-order valence-corrected chi connectivity index (χ2v) is 12.2. The lowest BCUT2D eigenvalue weighted by Gasteiger charge is -2.34. The van der Waals surface area contributed by atoms with Crippen molar-refractivity contribution in [1.82, 2.24) is 5.32 Å². The number of hydrogen-bond donors (Lipinski definition) is 1. The second-order valence-electron chi connectivity index (χ2n) is 9.00. The molecule has 0 aliphatic heterocycles. The number of amides is 1. The number of sulfone groups is 1. The molecule has 1 aromatic heterocycles. The highest BCUT2D eigenvalue weighted by molar-refractivity contribution is 7.91. The highest BCUT2D eigenvalue weighted by atomic mass is 32.2. The summed E-state index contributed by atoms with van der Waals surface area (Å²) in [6.45, 7) is 0. The van der Waals surface area contributed by atoms with E-state index in [-0.39, 0.29) is 42.3 Å². The summed E-state index contributed by atoms with van der Waals surface area (Å²) >= 11 is 1.16. The summed E-state index contributed by atoms with van der Waals surface area (Å²) < 4.78 is 90.9. The zero-order valence-electron chi connectivity index (χ0n) is 16.9. The number of alkyl halides is 5. The highest BCUT2D eigenvalue weighted by Crippen LogP contribution is 2.46. The number of thiophene rings is 1. The molecule has 32 heavy (non-hydrogen) atoms. The molecule has 3 aliphatic carbocycles. The highest BCUT2D eigenvalue weighted by Gasteiger charge is 2.48. The molecule has 3 aliphatic rings. The Hall–Kier alpha value is -1.56. The third kappa shape index (κ3) is 5.00. The predicted octanol–water partition coefficient (Wildman–Crippen LogP) is 3.62. The molecule has 1 N–H and O–H groups in total. The SMILES string of the molecule is O=C(Cc1sc2c(c1S(=O)(=O)CC1CC(F)(F)C1)C[C@@H](NC(=O)C(F)(F)F)CC2)C1CC1. The quantitative estimate of drug-likeness (QED) is 0.582. The van der Waals surface area contributed by atoms with Crippen LogP contribution in [0.4, 0.5) is 22.0 Å². The summed E-state index contributed by atoms with van der Waals surface area (Å²) in [5.41, 5.74) is 0.318. The van der Waals surface area contributed by atoms with Crippen molar-refractivity contribution in [1.29, 1.82) is 0 Å². The van der Waals surface area contributed by atoms with Crippen molar-refractivity contribution < 1.29 is 40.0 Å². The minimum absolute atomic E-state index is 0.0860. The molecule has 1 atom stereocenters. The van der Waals surface area contributed by atoms with Crippen molar-refractivity contribution in [3.8, 4) is 0 Å². The third-order valence-electron chi connectivity index (χ3n) is 6.18. The molecule has 0 unspecified atom stereocenters. The van der Waals surface area contributed by atoms with E-state index < -0.39 is 58.4 Å². The van der Waals surface area contributed by atoms with Gasteiger partial charge >= 0.3 is 12.1 Å². The average molecular weight is 500 g/mol. The monoisotopic (exact) mass is 499 g/mol. The maximum atomic E-state index is 13.2. The van der Waals surface area contributed by atoms with E-state index in [1.54, 1.807) is 0 Å². The van der Waals surface area contributed by atoms with E-state index >= 15 is 0 Å². The summed E-state index contributed by atoms with van der Waals surface area (Å²) in [6, 6.07) is -0.903. The standard InChI is InChI=1S/C20H22F5NO4S2/c21-19(22)7-10(8-19)9-32(29,30)17-13-5-12(26-18(28)20(23,24)25)3-4-15(13)31-16(17)6-14(27)11-1-2-11/h10-12H,1-9H2,(H,26,28)/t12-/m0/s1. The fourth-order valence-electron chi connectivity index (χ4n) is 4.49. The molecule has 2 fully saturated rings. The van der Waals surface area contributed by atoms with Gasteiger partial charge in [-0.3, -0.25) is 9.59 Å². The van der Waals surface area contributed by atoms with Gasteiger partial charge in [0.1, 0.15) is 5.78 Å². The first kappa shape index (κ1) is 23.6. The molecule has 1 heterocycles. The Labute approximate surface area is 185 Å². The maximum Gasteiger partial charge on any atom is 0.471 e. The van der Waals surface area contributed by atoms with Gasteiger partial charge in [0.05, 0.1) is 10.6 Å². The van der Waals surface area contributed by atoms with Gasteiger partial charge < -0.3 is 5.32 Å². The van der Waals surface area contributed by atoms with Gasteiger partial charge in [-0.15, -0.1) is 11.3 Å². The van der Waals surface area contributed by atoms with E-state index in [4.69, 9.17) is 0 Å². The fourth-order valence-corrected chi connectivity index (χ4v) is 8.34. The Kier molecular flexibility index (Phi) is 5.92. The van der Waals surface area contributed by atoms with Crippen molar-refractivity contribution in [2.75, 3.05) is 5.75 Å². The van der Waals surface area contributed by atoms with Crippen LogP contribution in [-0.4, -0.2) is 44.0 Å². The number of rotatable bonds is 7. The number of aryl methyl sites for hydroxylation is 1. The van der Waals surface area contributed by atoms with Crippen molar-refractivity contribution in [2.24, 2.45) is 11.8 Å². The van der Waals surface area contributed by atoms with Crippen LogP contribution in [0.1, 0.15) is 47.4 Å². The van der Waals surface area contributed by atoms with Crippen LogP contribution < -0.4 is 5.32 Å². The van der Waals surface area contributed by atoms with Crippen molar-refractivity contribution in [2.45, 2.75) is 74.4 Å². The number of carbonyl (C=O) groups excluding carboxylic acids is 2. The van der Waals surface area contributed by atoms with E-state index in [0.29, 0.717) is 15.3 Å². The Morgan fingerprint density at radius 2 is 1.78 bits per heavy atom. The van der Waals surface area contributed by atoms with Crippen molar-refractivity contribution in [3.63, 3.8) is 0 Å². The Morgan fingerprint density at radius 1 is 1.12 bits per heavy atom. The molecule has 0 spiro atoms. The molecule has 2 saturated carbocycles. The molecule has 0 saturated heterocycles. The first-order valence-corrected chi connectivity index (χ1v) is 12.9. The topological polar surface area (TPSA) is 80.3 Å². The van der Waals surface area contributed by atoms with E-state index in [2.05, 4.69) is 0 Å². The number of fused-ring (bicyclic) bond motifs is 1. The van der Waals surface area contributed by atoms with Gasteiger partial charge in [-0.2, -0.15) is 13.2 Å². The van der Waals surface area contributed by atoms with Crippen molar-refractivity contribution in [3.05, 3.63) is 15.3 Å². The lowest BCUT2D eigenvalue weighted by molar-refractivity contribution is -0.174. The van der Waals surface area contributed by atoms with Crippen LogP contribution in [0.25, 0.3) is 0 Å². The van der Waals surface area contributed by atoms with Crippen LogP contribution in [0.15, 0.2) is 4.90 Å². The summed E-state index contributed by atoms with van der Waals surface area (Å²) in [6.07, 6.45) is -4.34. The Morgan fingerprint density at radius 3 is 2.34 bits per heavy atom. The molecular weight excluding hydrogens is 477 g/mol. The summed E-state index contributed by atoms with van der Waals surface area (Å²) in [5, 5.41) is 1.91. The minimum atomic E-state index is -5.05. The molecule has 0 bridgehead atoms. The zero-order valence-corrected chi connectivity index (χ0v) is 18.6. The van der Waals surface area contributed by atoms with E-state index in [9.17, 15) is 40.0 Å². The van der Waals surface area contributed by atoms with Crippen LogP contribution in [0.2, 0.25) is 0 Å². The molecular formula is C20H22F5NO4S2. The lowest BCUT2D eigenvalue weighted by atomic mass is 9.83. The first-order valence-electron chi connectivity index (χ1n) is 10.4. The van der Waals surface area contributed by atoms with Gasteiger partial charge in [-0.25, -0.2) is 17.2 Å². The number of hydrogen-bond acceptors (Lipinski definition) is 5. The van der Waals surface area contributed by atoms with Crippen LogP contribution in [-0.2, 0) is 38.7 Å². The maximum absolute atomic E-state index is 13.2. The Balaban J connectivity index is 1.62. The number of Topliss-reactive ketones (excluding diaryl/α,β-unsaturated/α-hetero) is 1. The van der Waals surface area contributed by atoms with Crippen LogP contribution in [0, 0.1) is 11.8 Å². The zero-order chi connectivity index (χ0) is 23.5. The van der Waals surface area contributed by atoms with E-state index in [0.717, 1.165) is 24.2 Å². The molecule has 4 rings (SSSR count). The molecule has 178 valence electrons. The van der Waals surface area contributed by atoms with Gasteiger partial charge in [-0.05, 0) is 43.6 Å². The third-order valence-corrected chi connectivity index (χ3v) is 9.63. The van der Waals surface area contributed by atoms with Gasteiger partial charge in [0, 0.05) is 41.0 Å². The van der Waals surface area contributed by atoms with Gasteiger partial charge in [-0.1, -0.05) is 0 Å². The molecule has 0 aromatic carbocycles. The number of ketones is 1. The van der Waals surface area contributed by atoms with Gasteiger partial charge in [0.15, 0.2) is 9.84 Å². The minimum Gasteiger partial charge on any atom is -0.345 e. The summed E-state index contributed by atoms with van der Waals surface area (Å²) in [4.78, 5) is 24.6. The smallest absolute Gasteiger partial charge is 0.345 e. The molecule has 5 nitrogen and oxygen atoms in total. The van der Waals surface area contributed by atoms with Gasteiger partial charge in [0.2, 0.25) is 5.92 Å². The molecule has 0 radical (unpaired) electrons. The van der Waals surface area contributed by atoms with Crippen molar-refractivity contribution >= 4 is 32.9 Å². The number of carbonyl (C=O) groups is 2. The normalized spacial score (nSPS) is 23.3. The lowest BCUT2D eigenvalue weighted by Crippen LogP contribution is -2.45. The Bertz CT molecular complexity index is 1040. The van der Waals surface area contributed by atoms with Gasteiger partial charge in [0.25, 0.3) is 0 Å². The first-order chi connectivity index (χ1) is 14.7. The van der Waals surface area contributed by atoms with Crippen LogP contribution >= 0.6 is 11.3 Å². The van der Waals surface area contributed by atoms with E-state index in [1.807, 2.05) is 5.32 Å². The van der Waals surface area contributed by atoms with Crippen LogP contribution in [0.5, 0.6) is 0 Å². The fraction of sp³-hybridized carbons (Fsp3) is 0.700. The second kappa shape index (κ2) is 8.03. The van der Waals surface area contributed by atoms with Crippen LogP contribution in [0.3, 0.4) is 0 Å². The van der Waals surface area contributed by atoms with E-state index in [1.165, 1.54) is 0 Å². The molecule has 12 heteroatoms. The number of nitrogens with one attached hydrogen (secondary N) is 1. The molecule has 1 amide bonds. The summed E-state index contributed by atoms with van der Waals surface area (Å²) in [7, 11) is -4.04. The molecule has 1 aromatic rings. The average Bonchev–Trinajstić information content (AvgIpc) is 3.40.